The van der Waals surface area contributed by atoms with E-state index in [4.69, 9.17) is 4.74 Å². The summed E-state index contributed by atoms with van der Waals surface area (Å²) in [5.41, 5.74) is 5.42. The molecule has 6 heteroatoms. The molecule has 1 fully saturated rings. The van der Waals surface area contributed by atoms with E-state index < -0.39 is 0 Å². The number of ether oxygens (including phenoxy) is 1. The standard InChI is InChI=1S/C21H24N4OS/c1-2-20(14-22-9-1)26-13-10-23-18-7-11-25(12-8-18)19-5-3-17(4-6-19)21-15-27-16-24-21/h1-6,9,14-16,18,23H,7-8,10-13H2. The van der Waals surface area contributed by atoms with Crippen LogP contribution >= 0.6 is 11.3 Å². The average Bonchev–Trinajstić information content (AvgIpc) is 3.28. The molecular weight excluding hydrogens is 356 g/mol. The monoisotopic (exact) mass is 380 g/mol. The lowest BCUT2D eigenvalue weighted by Gasteiger charge is -2.34. The summed E-state index contributed by atoms with van der Waals surface area (Å²) in [7, 11) is 0. The van der Waals surface area contributed by atoms with Crippen molar-refractivity contribution in [3.8, 4) is 17.0 Å². The normalized spacial score (nSPS) is 15.0. The third kappa shape index (κ3) is 4.84. The van der Waals surface area contributed by atoms with E-state index >= 15 is 0 Å². The van der Waals surface area contributed by atoms with Gasteiger partial charge in [-0.2, -0.15) is 0 Å². The van der Waals surface area contributed by atoms with Gasteiger partial charge in [-0.15, -0.1) is 11.3 Å². The molecule has 140 valence electrons. The van der Waals surface area contributed by atoms with Gasteiger partial charge in [0.05, 0.1) is 17.4 Å². The molecule has 0 amide bonds. The summed E-state index contributed by atoms with van der Waals surface area (Å²) < 4.78 is 5.69. The van der Waals surface area contributed by atoms with E-state index in [1.165, 1.54) is 11.3 Å². The number of pyridine rings is 1. The number of nitrogens with one attached hydrogen (secondary N) is 1. The molecule has 0 aliphatic carbocycles. The second kappa shape index (κ2) is 8.97. The first-order valence-corrected chi connectivity index (χ1v) is 10.3. The molecule has 0 unspecified atom stereocenters. The summed E-state index contributed by atoms with van der Waals surface area (Å²) in [5.74, 6) is 0.829. The van der Waals surface area contributed by atoms with Crippen LogP contribution < -0.4 is 15.0 Å². The van der Waals surface area contributed by atoms with Crippen molar-refractivity contribution in [3.63, 3.8) is 0 Å². The van der Waals surface area contributed by atoms with Gasteiger partial charge < -0.3 is 15.0 Å². The zero-order chi connectivity index (χ0) is 18.3. The maximum atomic E-state index is 5.69. The molecule has 3 heterocycles. The molecular formula is C21H24N4OS. The number of anilines is 1. The fraction of sp³-hybridized carbons (Fsp3) is 0.333. The molecule has 3 aromatic rings. The van der Waals surface area contributed by atoms with Crippen LogP contribution in [0.5, 0.6) is 5.75 Å². The van der Waals surface area contributed by atoms with Crippen molar-refractivity contribution in [3.05, 3.63) is 59.7 Å². The summed E-state index contributed by atoms with van der Waals surface area (Å²) in [6, 6.07) is 13.2. The highest BCUT2D eigenvalue weighted by molar-refractivity contribution is 7.07. The smallest absolute Gasteiger partial charge is 0.137 e. The Bertz CT molecular complexity index is 800. The number of nitrogens with zero attached hydrogens (tertiary/aromatic N) is 3. The van der Waals surface area contributed by atoms with Gasteiger partial charge in [-0.05, 0) is 37.1 Å². The van der Waals surface area contributed by atoms with Gasteiger partial charge in [0.1, 0.15) is 12.4 Å². The largest absolute Gasteiger partial charge is 0.491 e. The second-order valence-electron chi connectivity index (χ2n) is 6.67. The molecule has 0 spiro atoms. The van der Waals surface area contributed by atoms with Gasteiger partial charge in [-0.25, -0.2) is 4.98 Å². The van der Waals surface area contributed by atoms with Crippen molar-refractivity contribution in [1.29, 1.82) is 0 Å². The maximum absolute atomic E-state index is 5.69. The molecule has 4 rings (SSSR count). The van der Waals surface area contributed by atoms with Gasteiger partial charge in [-0.1, -0.05) is 12.1 Å². The van der Waals surface area contributed by atoms with Crippen molar-refractivity contribution in [2.45, 2.75) is 18.9 Å². The van der Waals surface area contributed by atoms with E-state index in [2.05, 4.69) is 49.8 Å². The van der Waals surface area contributed by atoms with Gasteiger partial charge in [-0.3, -0.25) is 4.98 Å². The van der Waals surface area contributed by atoms with E-state index in [9.17, 15) is 0 Å². The minimum Gasteiger partial charge on any atom is -0.491 e. The Kier molecular flexibility index (Phi) is 5.96. The Balaban J connectivity index is 1.20. The van der Waals surface area contributed by atoms with Crippen LogP contribution in [-0.4, -0.2) is 42.3 Å². The van der Waals surface area contributed by atoms with Crippen molar-refractivity contribution >= 4 is 17.0 Å². The van der Waals surface area contributed by atoms with E-state index in [-0.39, 0.29) is 0 Å². The lowest BCUT2D eigenvalue weighted by atomic mass is 10.0. The number of piperidine rings is 1. The third-order valence-corrected chi connectivity index (χ3v) is 5.48. The van der Waals surface area contributed by atoms with Gasteiger partial charge >= 0.3 is 0 Å². The first-order valence-electron chi connectivity index (χ1n) is 9.38. The molecule has 1 saturated heterocycles. The quantitative estimate of drug-likeness (QED) is 0.631. The highest BCUT2D eigenvalue weighted by atomic mass is 32.1. The Morgan fingerprint density at radius 2 is 2.00 bits per heavy atom. The van der Waals surface area contributed by atoms with Crippen molar-refractivity contribution < 1.29 is 4.74 Å². The Hall–Kier alpha value is -2.44. The molecule has 5 nitrogen and oxygen atoms in total. The Morgan fingerprint density at radius 3 is 2.70 bits per heavy atom. The third-order valence-electron chi connectivity index (χ3n) is 4.89. The topological polar surface area (TPSA) is 50.3 Å². The van der Waals surface area contributed by atoms with Gasteiger partial charge in [0, 0.05) is 48.5 Å². The molecule has 1 N–H and O–H groups in total. The fourth-order valence-electron chi connectivity index (χ4n) is 3.40. The van der Waals surface area contributed by atoms with E-state index in [0.717, 1.165) is 43.9 Å². The van der Waals surface area contributed by atoms with Crippen LogP contribution in [0.3, 0.4) is 0 Å². The molecule has 0 radical (unpaired) electrons. The second-order valence-corrected chi connectivity index (χ2v) is 7.39. The van der Waals surface area contributed by atoms with E-state index in [0.29, 0.717) is 12.6 Å². The molecule has 1 aliphatic rings. The molecule has 1 aromatic carbocycles. The lowest BCUT2D eigenvalue weighted by molar-refractivity contribution is 0.295. The van der Waals surface area contributed by atoms with Crippen LogP contribution in [0.2, 0.25) is 0 Å². The predicted molar refractivity (Wildman–Crippen MR) is 111 cm³/mol. The number of benzene rings is 1. The van der Waals surface area contributed by atoms with Crippen molar-refractivity contribution in [2.75, 3.05) is 31.1 Å². The molecule has 27 heavy (non-hydrogen) atoms. The summed E-state index contributed by atoms with van der Waals surface area (Å²) in [4.78, 5) is 10.9. The Morgan fingerprint density at radius 1 is 1.15 bits per heavy atom. The van der Waals surface area contributed by atoms with Crippen LogP contribution in [-0.2, 0) is 0 Å². The first-order chi connectivity index (χ1) is 13.4. The Labute approximate surface area is 164 Å². The lowest BCUT2D eigenvalue weighted by Crippen LogP contribution is -2.43. The van der Waals surface area contributed by atoms with E-state index in [1.807, 2.05) is 17.6 Å². The number of rotatable bonds is 7. The first kappa shape index (κ1) is 17.9. The molecule has 1 aliphatic heterocycles. The minimum atomic E-state index is 0.563. The van der Waals surface area contributed by atoms with Gasteiger partial charge in [0.2, 0.25) is 0 Å². The fourth-order valence-corrected chi connectivity index (χ4v) is 3.97. The summed E-state index contributed by atoms with van der Waals surface area (Å²) >= 11 is 1.63. The highest BCUT2D eigenvalue weighted by Crippen LogP contribution is 2.25. The average molecular weight is 381 g/mol. The summed E-state index contributed by atoms with van der Waals surface area (Å²) in [6.07, 6.45) is 5.81. The van der Waals surface area contributed by atoms with Gasteiger partial charge in [0.15, 0.2) is 0 Å². The van der Waals surface area contributed by atoms with Crippen LogP contribution in [0.1, 0.15) is 12.8 Å². The number of thiazole rings is 1. The van der Waals surface area contributed by atoms with Crippen LogP contribution in [0, 0.1) is 0 Å². The predicted octanol–water partition coefficient (Wildman–Crippen LogP) is 3.84. The van der Waals surface area contributed by atoms with Gasteiger partial charge in [0.25, 0.3) is 0 Å². The number of hydrogen-bond donors (Lipinski definition) is 1. The van der Waals surface area contributed by atoms with Crippen LogP contribution in [0.4, 0.5) is 5.69 Å². The zero-order valence-corrected chi connectivity index (χ0v) is 16.1. The molecule has 2 aromatic heterocycles. The summed E-state index contributed by atoms with van der Waals surface area (Å²) in [5, 5.41) is 5.70. The molecule has 0 bridgehead atoms. The minimum absolute atomic E-state index is 0.563. The maximum Gasteiger partial charge on any atom is 0.137 e. The van der Waals surface area contributed by atoms with E-state index in [1.54, 1.807) is 23.7 Å². The summed E-state index contributed by atoms with van der Waals surface area (Å²) in [6.45, 7) is 3.69. The zero-order valence-electron chi connectivity index (χ0n) is 15.3. The van der Waals surface area contributed by atoms with Crippen molar-refractivity contribution in [1.82, 2.24) is 15.3 Å². The SMILES string of the molecule is c1cncc(OCCNC2CCN(c3ccc(-c4cscn4)cc3)CC2)c1. The number of hydrogen-bond acceptors (Lipinski definition) is 6. The van der Waals surface area contributed by atoms with Crippen LogP contribution in [0.15, 0.2) is 59.7 Å². The molecule has 0 saturated carbocycles. The van der Waals surface area contributed by atoms with Crippen molar-refractivity contribution in [2.24, 2.45) is 0 Å². The molecule has 0 atom stereocenters. The highest BCUT2D eigenvalue weighted by Gasteiger charge is 2.19. The van der Waals surface area contributed by atoms with Crippen LogP contribution in [0.25, 0.3) is 11.3 Å². The number of aromatic nitrogens is 2.